The number of hydrogen-bond acceptors (Lipinski definition) is 5. The Morgan fingerprint density at radius 3 is 2.54 bits per heavy atom. The molecule has 1 aromatic heterocycles. The fourth-order valence-corrected chi connectivity index (χ4v) is 2.46. The Labute approximate surface area is 142 Å². The number of rotatable bonds is 8. The number of amides is 1. The molecule has 1 aromatic carbocycles. The first-order valence-electron chi connectivity index (χ1n) is 8.21. The minimum atomic E-state index is -0.281. The fraction of sp³-hybridized carbons (Fsp3) is 0.389. The third-order valence-electron chi connectivity index (χ3n) is 3.55. The molecular weight excluding hydrogens is 304 g/mol. The molecule has 1 heterocycles. The van der Waals surface area contributed by atoms with Crippen LogP contribution in [-0.4, -0.2) is 36.1 Å². The molecule has 6 heteroatoms. The maximum atomic E-state index is 12.5. The Morgan fingerprint density at radius 1 is 1.17 bits per heavy atom. The average Bonchev–Trinajstić information content (AvgIpc) is 2.62. The van der Waals surface area contributed by atoms with E-state index in [4.69, 9.17) is 4.74 Å². The Kier molecular flexibility index (Phi) is 6.54. The molecule has 6 nitrogen and oxygen atoms in total. The Hall–Kier alpha value is -2.63. The zero-order chi connectivity index (χ0) is 17.4. The second-order valence-electron chi connectivity index (χ2n) is 5.40. The summed E-state index contributed by atoms with van der Waals surface area (Å²) in [6.07, 6.45) is 3.48. The van der Waals surface area contributed by atoms with E-state index >= 15 is 0 Å². The number of carbonyl (C=O) groups excluding carboxylic acids is 1. The van der Waals surface area contributed by atoms with E-state index in [9.17, 15) is 4.79 Å². The number of ether oxygens (including phenoxy) is 1. The molecule has 0 atom stereocenters. The summed E-state index contributed by atoms with van der Waals surface area (Å²) in [5, 5.41) is 2.84. The van der Waals surface area contributed by atoms with Crippen molar-refractivity contribution in [3.63, 3.8) is 0 Å². The monoisotopic (exact) mass is 328 g/mol. The molecule has 128 valence electrons. The van der Waals surface area contributed by atoms with Gasteiger partial charge < -0.3 is 15.0 Å². The first-order chi connectivity index (χ1) is 11.7. The van der Waals surface area contributed by atoms with Crippen molar-refractivity contribution in [1.29, 1.82) is 0 Å². The molecule has 2 aromatic rings. The van der Waals surface area contributed by atoms with E-state index in [1.165, 1.54) is 6.33 Å². The number of methoxy groups -OCH3 is 1. The predicted octanol–water partition coefficient (Wildman–Crippen LogP) is 3.36. The summed E-state index contributed by atoms with van der Waals surface area (Å²) in [4.78, 5) is 23.1. The maximum absolute atomic E-state index is 12.5. The van der Waals surface area contributed by atoms with Crippen molar-refractivity contribution >= 4 is 17.4 Å². The molecule has 0 bridgehead atoms. The smallest absolute Gasteiger partial charge is 0.274 e. The van der Waals surface area contributed by atoms with Gasteiger partial charge in [0.15, 0.2) is 0 Å². The average molecular weight is 328 g/mol. The van der Waals surface area contributed by atoms with Gasteiger partial charge in [-0.25, -0.2) is 9.97 Å². The largest absolute Gasteiger partial charge is 0.495 e. The molecular formula is C18H24N4O2. The van der Waals surface area contributed by atoms with Crippen LogP contribution in [-0.2, 0) is 0 Å². The number of nitrogens with zero attached hydrogens (tertiary/aromatic N) is 3. The summed E-state index contributed by atoms with van der Waals surface area (Å²) in [5.41, 5.74) is 0.951. The second-order valence-corrected chi connectivity index (χ2v) is 5.40. The van der Waals surface area contributed by atoms with Crippen LogP contribution in [0.5, 0.6) is 5.75 Å². The molecule has 1 amide bonds. The third-order valence-corrected chi connectivity index (χ3v) is 3.55. The van der Waals surface area contributed by atoms with Gasteiger partial charge in [-0.05, 0) is 25.0 Å². The zero-order valence-corrected chi connectivity index (χ0v) is 14.5. The first kappa shape index (κ1) is 17.7. The van der Waals surface area contributed by atoms with Crippen molar-refractivity contribution < 1.29 is 9.53 Å². The van der Waals surface area contributed by atoms with Crippen LogP contribution in [0.2, 0.25) is 0 Å². The molecule has 0 saturated heterocycles. The topological polar surface area (TPSA) is 67.4 Å². The van der Waals surface area contributed by atoms with Gasteiger partial charge in [0, 0.05) is 19.2 Å². The lowest BCUT2D eigenvalue weighted by molar-refractivity contribution is 0.102. The van der Waals surface area contributed by atoms with Crippen LogP contribution >= 0.6 is 0 Å². The molecule has 2 rings (SSSR count). The van der Waals surface area contributed by atoms with Crippen LogP contribution in [0.3, 0.4) is 0 Å². The highest BCUT2D eigenvalue weighted by Gasteiger charge is 2.14. The number of carbonyl (C=O) groups is 1. The van der Waals surface area contributed by atoms with Crippen molar-refractivity contribution in [2.75, 3.05) is 30.4 Å². The van der Waals surface area contributed by atoms with Crippen LogP contribution in [0, 0.1) is 0 Å². The molecule has 0 radical (unpaired) electrons. The number of anilines is 2. The Morgan fingerprint density at radius 2 is 1.88 bits per heavy atom. The zero-order valence-electron chi connectivity index (χ0n) is 14.5. The Bertz CT molecular complexity index is 670. The Balaban J connectivity index is 2.19. The fourth-order valence-electron chi connectivity index (χ4n) is 2.46. The van der Waals surface area contributed by atoms with E-state index in [0.717, 1.165) is 31.7 Å². The van der Waals surface area contributed by atoms with Gasteiger partial charge in [-0.2, -0.15) is 0 Å². The van der Waals surface area contributed by atoms with Crippen molar-refractivity contribution in [1.82, 2.24) is 9.97 Å². The number of benzene rings is 1. The number of aromatic nitrogens is 2. The standard InChI is InChI=1S/C18H24N4O2/c1-4-10-22(11-5-2)17-12-15(19-13-20-17)18(23)21-14-8-6-7-9-16(14)24-3/h6-9,12-13H,4-5,10-11H2,1-3H3,(H,21,23). The normalized spacial score (nSPS) is 10.3. The maximum Gasteiger partial charge on any atom is 0.274 e. The van der Waals surface area contributed by atoms with E-state index in [1.54, 1.807) is 25.3 Å². The highest BCUT2D eigenvalue weighted by atomic mass is 16.5. The lowest BCUT2D eigenvalue weighted by Crippen LogP contribution is -2.26. The van der Waals surface area contributed by atoms with E-state index in [0.29, 0.717) is 17.1 Å². The van der Waals surface area contributed by atoms with Gasteiger partial charge >= 0.3 is 0 Å². The van der Waals surface area contributed by atoms with Gasteiger partial charge in [0.2, 0.25) is 0 Å². The highest BCUT2D eigenvalue weighted by Crippen LogP contribution is 2.23. The van der Waals surface area contributed by atoms with E-state index in [1.807, 2.05) is 12.1 Å². The number of para-hydroxylation sites is 2. The summed E-state index contributed by atoms with van der Waals surface area (Å²) in [6, 6.07) is 9.01. The van der Waals surface area contributed by atoms with Crippen molar-refractivity contribution in [3.05, 3.63) is 42.4 Å². The van der Waals surface area contributed by atoms with Crippen LogP contribution < -0.4 is 15.0 Å². The number of hydrogen-bond donors (Lipinski definition) is 1. The van der Waals surface area contributed by atoms with Gasteiger partial charge in [-0.3, -0.25) is 4.79 Å². The molecule has 24 heavy (non-hydrogen) atoms. The molecule has 0 aliphatic rings. The van der Waals surface area contributed by atoms with Crippen LogP contribution in [0.15, 0.2) is 36.7 Å². The SMILES string of the molecule is CCCN(CCC)c1cc(C(=O)Nc2ccccc2OC)ncn1. The summed E-state index contributed by atoms with van der Waals surface area (Å²) >= 11 is 0. The van der Waals surface area contributed by atoms with E-state index in [2.05, 4.69) is 34.0 Å². The minimum absolute atomic E-state index is 0.281. The lowest BCUT2D eigenvalue weighted by atomic mass is 10.2. The summed E-state index contributed by atoms with van der Waals surface area (Å²) < 4.78 is 5.25. The molecule has 0 aliphatic carbocycles. The quantitative estimate of drug-likeness (QED) is 0.805. The summed E-state index contributed by atoms with van der Waals surface area (Å²) in [5.74, 6) is 1.11. The van der Waals surface area contributed by atoms with E-state index in [-0.39, 0.29) is 5.91 Å². The number of nitrogens with one attached hydrogen (secondary N) is 1. The molecule has 0 aliphatic heterocycles. The molecule has 0 spiro atoms. The predicted molar refractivity (Wildman–Crippen MR) is 95.8 cm³/mol. The molecule has 0 unspecified atom stereocenters. The highest BCUT2D eigenvalue weighted by molar-refractivity contribution is 6.04. The van der Waals surface area contributed by atoms with Crippen LogP contribution in [0.1, 0.15) is 37.2 Å². The van der Waals surface area contributed by atoms with Crippen molar-refractivity contribution in [2.24, 2.45) is 0 Å². The molecule has 1 N–H and O–H groups in total. The van der Waals surface area contributed by atoms with Gasteiger partial charge in [-0.15, -0.1) is 0 Å². The second kappa shape index (κ2) is 8.86. The molecule has 0 saturated carbocycles. The summed E-state index contributed by atoms with van der Waals surface area (Å²) in [7, 11) is 1.57. The van der Waals surface area contributed by atoms with Gasteiger partial charge in [0.05, 0.1) is 12.8 Å². The third kappa shape index (κ3) is 4.44. The lowest BCUT2D eigenvalue weighted by Gasteiger charge is -2.22. The van der Waals surface area contributed by atoms with Crippen LogP contribution in [0.25, 0.3) is 0 Å². The summed E-state index contributed by atoms with van der Waals surface area (Å²) in [6.45, 7) is 6.05. The first-order valence-corrected chi connectivity index (χ1v) is 8.21. The van der Waals surface area contributed by atoms with Crippen LogP contribution in [0.4, 0.5) is 11.5 Å². The molecule has 0 fully saturated rings. The van der Waals surface area contributed by atoms with E-state index < -0.39 is 0 Å². The van der Waals surface area contributed by atoms with Gasteiger partial charge in [-0.1, -0.05) is 26.0 Å². The van der Waals surface area contributed by atoms with Gasteiger partial charge in [0.1, 0.15) is 23.6 Å². The van der Waals surface area contributed by atoms with Crippen molar-refractivity contribution in [3.8, 4) is 5.75 Å². The van der Waals surface area contributed by atoms with Crippen molar-refractivity contribution in [2.45, 2.75) is 26.7 Å². The minimum Gasteiger partial charge on any atom is -0.495 e. The van der Waals surface area contributed by atoms with Gasteiger partial charge in [0.25, 0.3) is 5.91 Å².